The summed E-state index contributed by atoms with van der Waals surface area (Å²) in [5, 5.41) is 10.5. The number of β-amino-alcohol motifs (C(OH)–C–C–N with tert-alkyl or cyclic N) is 1. The minimum Gasteiger partial charge on any atom is -0.491 e. The largest absolute Gasteiger partial charge is 0.491 e. The summed E-state index contributed by atoms with van der Waals surface area (Å²) in [7, 11) is 0. The molecule has 1 aliphatic heterocycles. The lowest BCUT2D eigenvalue weighted by atomic mass is 10.1. The molecule has 0 aliphatic carbocycles. The first-order chi connectivity index (χ1) is 18.0. The molecule has 2 aromatic carbocycles. The lowest BCUT2D eigenvalue weighted by molar-refractivity contribution is -0.137. The third kappa shape index (κ3) is 8.58. The second-order valence-corrected chi connectivity index (χ2v) is 9.87. The summed E-state index contributed by atoms with van der Waals surface area (Å²) >= 11 is 0. The van der Waals surface area contributed by atoms with Crippen molar-refractivity contribution >= 4 is 11.5 Å². The fraction of sp³-hybridized carbons (Fsp3) is 0.483. The summed E-state index contributed by atoms with van der Waals surface area (Å²) in [5.74, 6) is 1.89. The number of aryl methyl sites for hydroxylation is 1. The summed E-state index contributed by atoms with van der Waals surface area (Å²) in [6, 6.07) is 10.2. The van der Waals surface area contributed by atoms with Crippen LogP contribution in [0.5, 0.6) is 11.5 Å². The van der Waals surface area contributed by atoms with Crippen LogP contribution in [0.25, 0.3) is 5.76 Å². The van der Waals surface area contributed by atoms with Crippen LogP contribution in [-0.4, -0.2) is 72.7 Å². The number of ketones is 1. The Kier molecular flexibility index (Phi) is 10.4. The number of benzene rings is 2. The minimum absolute atomic E-state index is 0.138. The Bertz CT molecular complexity index is 1100. The SMILES string of the molecule is CCC(=O)CN1CCN(CC(O)COc2ccc(OC(=C(C)C)c3ccc(C(F)(F)F)cc3)c(C)c2)CC1. The molecule has 1 fully saturated rings. The van der Waals surface area contributed by atoms with Crippen molar-refractivity contribution in [1.82, 2.24) is 9.80 Å². The molecule has 6 nitrogen and oxygen atoms in total. The molecule has 0 aromatic heterocycles. The number of Topliss-reactive ketones (excluding diaryl/α,β-unsaturated/α-hetero) is 1. The number of carbonyl (C=O) groups is 1. The van der Waals surface area contributed by atoms with Crippen LogP contribution in [-0.2, 0) is 11.0 Å². The number of alkyl halides is 3. The number of ether oxygens (including phenoxy) is 2. The molecule has 2 aromatic rings. The number of rotatable bonds is 11. The standard InChI is InChI=1S/C29H37F3N2O4/c1-5-24(35)17-33-12-14-34(15-13-33)18-25(36)19-37-26-10-11-27(21(4)16-26)38-28(20(2)3)22-6-8-23(9-7-22)29(30,31)32/h6-11,16,25,36H,5,12-15,17-19H2,1-4H3. The van der Waals surface area contributed by atoms with Gasteiger partial charge in [-0.25, -0.2) is 0 Å². The predicted octanol–water partition coefficient (Wildman–Crippen LogP) is 5.18. The molecule has 0 saturated carbocycles. The number of hydrogen-bond acceptors (Lipinski definition) is 6. The predicted molar refractivity (Wildman–Crippen MR) is 141 cm³/mol. The fourth-order valence-electron chi connectivity index (χ4n) is 4.23. The van der Waals surface area contributed by atoms with E-state index in [0.29, 0.717) is 42.3 Å². The van der Waals surface area contributed by atoms with E-state index < -0.39 is 17.8 Å². The number of allylic oxidation sites excluding steroid dienone is 1. The molecular formula is C29H37F3N2O4. The van der Waals surface area contributed by atoms with Crippen LogP contribution >= 0.6 is 0 Å². The molecule has 1 saturated heterocycles. The van der Waals surface area contributed by atoms with Crippen LogP contribution in [0.2, 0.25) is 0 Å². The zero-order chi connectivity index (χ0) is 27.9. The monoisotopic (exact) mass is 534 g/mol. The van der Waals surface area contributed by atoms with Crippen LogP contribution in [0.15, 0.2) is 48.0 Å². The van der Waals surface area contributed by atoms with Crippen LogP contribution in [0.3, 0.4) is 0 Å². The molecular weight excluding hydrogens is 497 g/mol. The molecule has 1 unspecified atom stereocenters. The molecule has 1 N–H and O–H groups in total. The summed E-state index contributed by atoms with van der Waals surface area (Å²) in [5.41, 5.74) is 1.46. The van der Waals surface area contributed by atoms with Gasteiger partial charge in [-0.3, -0.25) is 14.6 Å². The van der Waals surface area contributed by atoms with Crippen molar-refractivity contribution in [2.24, 2.45) is 0 Å². The van der Waals surface area contributed by atoms with E-state index in [0.717, 1.165) is 49.4 Å². The van der Waals surface area contributed by atoms with Gasteiger partial charge in [-0.1, -0.05) is 19.1 Å². The lowest BCUT2D eigenvalue weighted by Gasteiger charge is -2.35. The van der Waals surface area contributed by atoms with Crippen LogP contribution < -0.4 is 9.47 Å². The van der Waals surface area contributed by atoms with Crippen molar-refractivity contribution in [3.05, 3.63) is 64.7 Å². The first-order valence-corrected chi connectivity index (χ1v) is 12.9. The molecule has 0 spiro atoms. The van der Waals surface area contributed by atoms with Gasteiger partial charge in [-0.15, -0.1) is 0 Å². The number of aliphatic hydroxyl groups is 1. The van der Waals surface area contributed by atoms with Gasteiger partial charge in [-0.2, -0.15) is 13.2 Å². The van der Waals surface area contributed by atoms with E-state index in [1.54, 1.807) is 18.2 Å². The van der Waals surface area contributed by atoms with Gasteiger partial charge in [0.25, 0.3) is 0 Å². The molecule has 9 heteroatoms. The number of carbonyl (C=O) groups excluding carboxylic acids is 1. The van der Waals surface area contributed by atoms with Crippen molar-refractivity contribution in [1.29, 1.82) is 0 Å². The minimum atomic E-state index is -4.39. The summed E-state index contributed by atoms with van der Waals surface area (Å²) in [6.45, 7) is 11.7. The number of piperazine rings is 1. The lowest BCUT2D eigenvalue weighted by Crippen LogP contribution is -2.50. The van der Waals surface area contributed by atoms with E-state index in [4.69, 9.17) is 9.47 Å². The van der Waals surface area contributed by atoms with Gasteiger partial charge >= 0.3 is 6.18 Å². The number of halogens is 3. The van der Waals surface area contributed by atoms with Gasteiger partial charge in [0.15, 0.2) is 0 Å². The maximum Gasteiger partial charge on any atom is 0.416 e. The number of nitrogens with zero attached hydrogens (tertiary/aromatic N) is 2. The summed E-state index contributed by atoms with van der Waals surface area (Å²) in [6.07, 6.45) is -4.50. The van der Waals surface area contributed by atoms with E-state index in [-0.39, 0.29) is 12.4 Å². The number of aliphatic hydroxyl groups excluding tert-OH is 1. The molecule has 1 heterocycles. The first kappa shape index (κ1) is 29.7. The van der Waals surface area contributed by atoms with Crippen LogP contribution in [0.1, 0.15) is 43.9 Å². The van der Waals surface area contributed by atoms with Gasteiger partial charge in [0.05, 0.1) is 12.1 Å². The highest BCUT2D eigenvalue weighted by molar-refractivity contribution is 5.80. The Morgan fingerprint density at radius 2 is 1.66 bits per heavy atom. The summed E-state index contributed by atoms with van der Waals surface area (Å²) in [4.78, 5) is 16.0. The molecule has 1 aliphatic rings. The molecule has 3 rings (SSSR count). The second kappa shape index (κ2) is 13.3. The van der Waals surface area contributed by atoms with Crippen molar-refractivity contribution in [2.75, 3.05) is 45.9 Å². The van der Waals surface area contributed by atoms with Gasteiger partial charge in [0.1, 0.15) is 35.8 Å². The van der Waals surface area contributed by atoms with Crippen LogP contribution in [0, 0.1) is 6.92 Å². The molecule has 208 valence electrons. The Morgan fingerprint density at radius 1 is 1.03 bits per heavy atom. The molecule has 0 radical (unpaired) electrons. The fourth-order valence-corrected chi connectivity index (χ4v) is 4.23. The molecule has 0 amide bonds. The van der Waals surface area contributed by atoms with Gasteiger partial charge < -0.3 is 14.6 Å². The highest BCUT2D eigenvalue weighted by Gasteiger charge is 2.30. The topological polar surface area (TPSA) is 62.2 Å². The second-order valence-electron chi connectivity index (χ2n) is 9.87. The van der Waals surface area contributed by atoms with E-state index in [1.165, 1.54) is 12.1 Å². The maximum atomic E-state index is 12.9. The van der Waals surface area contributed by atoms with Crippen molar-refractivity contribution < 1.29 is 32.5 Å². The zero-order valence-electron chi connectivity index (χ0n) is 22.5. The van der Waals surface area contributed by atoms with E-state index in [2.05, 4.69) is 9.80 Å². The molecule has 1 atom stereocenters. The van der Waals surface area contributed by atoms with E-state index >= 15 is 0 Å². The normalized spacial score (nSPS) is 15.7. The average molecular weight is 535 g/mol. The van der Waals surface area contributed by atoms with Gasteiger partial charge in [-0.05, 0) is 62.2 Å². The first-order valence-electron chi connectivity index (χ1n) is 12.9. The zero-order valence-corrected chi connectivity index (χ0v) is 22.5. The van der Waals surface area contributed by atoms with Crippen molar-refractivity contribution in [2.45, 2.75) is 46.4 Å². The van der Waals surface area contributed by atoms with Crippen LogP contribution in [0.4, 0.5) is 13.2 Å². The smallest absolute Gasteiger partial charge is 0.416 e. The third-order valence-electron chi connectivity index (χ3n) is 6.46. The van der Waals surface area contributed by atoms with Crippen molar-refractivity contribution in [3.8, 4) is 11.5 Å². The molecule has 0 bridgehead atoms. The highest BCUT2D eigenvalue weighted by atomic mass is 19.4. The Morgan fingerprint density at radius 3 is 2.21 bits per heavy atom. The van der Waals surface area contributed by atoms with Gasteiger partial charge in [0, 0.05) is 44.7 Å². The Labute approximate surface area is 222 Å². The summed E-state index contributed by atoms with van der Waals surface area (Å²) < 4.78 is 50.7. The Hall–Kier alpha value is -2.88. The highest BCUT2D eigenvalue weighted by Crippen LogP contribution is 2.32. The molecule has 38 heavy (non-hydrogen) atoms. The maximum absolute atomic E-state index is 12.9. The van der Waals surface area contributed by atoms with E-state index in [1.807, 2.05) is 27.7 Å². The van der Waals surface area contributed by atoms with E-state index in [9.17, 15) is 23.1 Å². The third-order valence-corrected chi connectivity index (χ3v) is 6.46. The van der Waals surface area contributed by atoms with Gasteiger partial charge in [0.2, 0.25) is 0 Å². The van der Waals surface area contributed by atoms with Crippen molar-refractivity contribution in [3.63, 3.8) is 0 Å². The quantitative estimate of drug-likeness (QED) is 0.401. The Balaban J connectivity index is 1.53. The average Bonchev–Trinajstić information content (AvgIpc) is 2.87. The number of hydrogen-bond donors (Lipinski definition) is 1.